The molecule has 0 atom stereocenters. The number of carbonyl (C=O) groups is 1. The monoisotopic (exact) mass is 380 g/mol. The number of amides is 1. The van der Waals surface area contributed by atoms with E-state index in [2.05, 4.69) is 20.6 Å². The molecule has 3 aromatic rings. The first-order valence-corrected chi connectivity index (χ1v) is 8.74. The Labute approximate surface area is 162 Å². The topological polar surface area (TPSA) is 76.1 Å². The van der Waals surface area contributed by atoms with Gasteiger partial charge in [-0.15, -0.1) is 0 Å². The maximum Gasteiger partial charge on any atom is 0.274 e. The lowest BCUT2D eigenvalue weighted by Crippen LogP contribution is -2.16. The minimum absolute atomic E-state index is 0.234. The van der Waals surface area contributed by atoms with Crippen LogP contribution in [0.2, 0.25) is 0 Å². The summed E-state index contributed by atoms with van der Waals surface area (Å²) < 4.78 is 18.3. The van der Waals surface area contributed by atoms with Crippen LogP contribution in [0.3, 0.4) is 0 Å². The fourth-order valence-electron chi connectivity index (χ4n) is 2.65. The van der Waals surface area contributed by atoms with Crippen LogP contribution in [0.15, 0.2) is 48.5 Å². The molecule has 0 saturated heterocycles. The highest BCUT2D eigenvalue weighted by atomic mass is 19.1. The van der Waals surface area contributed by atoms with Crippen LogP contribution in [0.1, 0.15) is 27.3 Å². The smallest absolute Gasteiger partial charge is 0.274 e. The molecule has 2 aromatic carbocycles. The third-order valence-electron chi connectivity index (χ3n) is 4.05. The second-order valence-electron chi connectivity index (χ2n) is 6.36. The number of hydrogen-bond donors (Lipinski definition) is 2. The van der Waals surface area contributed by atoms with Gasteiger partial charge in [-0.3, -0.25) is 4.79 Å². The summed E-state index contributed by atoms with van der Waals surface area (Å²) in [5.41, 5.74) is 3.33. The van der Waals surface area contributed by atoms with Crippen LogP contribution in [-0.2, 0) is 6.54 Å². The van der Waals surface area contributed by atoms with Gasteiger partial charge in [0.15, 0.2) is 0 Å². The molecule has 7 heteroatoms. The quantitative estimate of drug-likeness (QED) is 0.673. The van der Waals surface area contributed by atoms with Gasteiger partial charge in [-0.1, -0.05) is 18.2 Å². The van der Waals surface area contributed by atoms with E-state index in [1.165, 1.54) is 12.1 Å². The van der Waals surface area contributed by atoms with Crippen molar-refractivity contribution in [3.8, 4) is 5.75 Å². The Morgan fingerprint density at radius 1 is 1.07 bits per heavy atom. The second kappa shape index (κ2) is 8.47. The van der Waals surface area contributed by atoms with Crippen molar-refractivity contribution in [2.45, 2.75) is 20.4 Å². The Hall–Kier alpha value is -3.48. The number of carbonyl (C=O) groups excluding carboxylic acids is 1. The Bertz CT molecular complexity index is 990. The molecule has 6 nitrogen and oxygen atoms in total. The molecule has 0 fully saturated rings. The van der Waals surface area contributed by atoms with Crippen molar-refractivity contribution in [1.82, 2.24) is 9.97 Å². The largest absolute Gasteiger partial charge is 0.495 e. The third-order valence-corrected chi connectivity index (χ3v) is 4.05. The number of hydrogen-bond acceptors (Lipinski definition) is 5. The molecular formula is C21H21FN4O2. The summed E-state index contributed by atoms with van der Waals surface area (Å²) in [6.45, 7) is 4.13. The van der Waals surface area contributed by atoms with Crippen LogP contribution < -0.4 is 15.4 Å². The maximum atomic E-state index is 13.0. The van der Waals surface area contributed by atoms with Crippen LogP contribution in [0.4, 0.5) is 16.0 Å². The molecule has 0 spiro atoms. The Morgan fingerprint density at radius 3 is 2.54 bits per heavy atom. The van der Waals surface area contributed by atoms with E-state index < -0.39 is 0 Å². The van der Waals surface area contributed by atoms with Crippen LogP contribution in [0.5, 0.6) is 5.75 Å². The highest BCUT2D eigenvalue weighted by molar-refractivity contribution is 6.04. The first-order valence-electron chi connectivity index (χ1n) is 8.74. The number of halogens is 1. The van der Waals surface area contributed by atoms with Crippen LogP contribution in [-0.4, -0.2) is 23.0 Å². The van der Waals surface area contributed by atoms with Gasteiger partial charge in [0.25, 0.3) is 5.91 Å². The molecule has 144 valence electrons. The molecule has 1 amide bonds. The number of aromatic nitrogens is 2. The predicted octanol–water partition coefficient (Wildman–Crippen LogP) is 4.11. The van der Waals surface area contributed by atoms with Crippen LogP contribution in [0.25, 0.3) is 0 Å². The standard InChI is InChI=1S/C21H21FN4O2/c1-13-4-9-19(28-3)17(10-13)25-20(27)18-11-14(2)24-21(26-18)23-12-15-5-7-16(22)8-6-15/h4-11H,12H2,1-3H3,(H,25,27)(H,23,24,26). The minimum Gasteiger partial charge on any atom is -0.495 e. The van der Waals surface area contributed by atoms with Crippen molar-refractivity contribution in [2.75, 3.05) is 17.7 Å². The van der Waals surface area contributed by atoms with Gasteiger partial charge in [-0.25, -0.2) is 14.4 Å². The van der Waals surface area contributed by atoms with Gasteiger partial charge in [0.1, 0.15) is 17.3 Å². The highest BCUT2D eigenvalue weighted by Gasteiger charge is 2.13. The summed E-state index contributed by atoms with van der Waals surface area (Å²) in [5.74, 6) is 0.241. The van der Waals surface area contributed by atoms with Crippen molar-refractivity contribution in [3.63, 3.8) is 0 Å². The van der Waals surface area contributed by atoms with Gasteiger partial charge >= 0.3 is 0 Å². The first-order chi connectivity index (χ1) is 13.4. The minimum atomic E-state index is -0.362. The van der Waals surface area contributed by atoms with E-state index in [0.717, 1.165) is 11.1 Å². The van der Waals surface area contributed by atoms with Crippen molar-refractivity contribution in [2.24, 2.45) is 0 Å². The molecule has 3 rings (SSSR count). The molecule has 28 heavy (non-hydrogen) atoms. The molecule has 1 aromatic heterocycles. The normalized spacial score (nSPS) is 10.4. The first kappa shape index (κ1) is 19.3. The molecule has 1 heterocycles. The molecule has 0 radical (unpaired) electrons. The van der Waals surface area contributed by atoms with E-state index in [9.17, 15) is 9.18 Å². The average Bonchev–Trinajstić information content (AvgIpc) is 2.67. The van der Waals surface area contributed by atoms with Gasteiger partial charge in [-0.05, 0) is 55.3 Å². The van der Waals surface area contributed by atoms with Crippen molar-refractivity contribution >= 4 is 17.5 Å². The number of ether oxygens (including phenoxy) is 1. The molecule has 0 saturated carbocycles. The lowest BCUT2D eigenvalue weighted by molar-refractivity contribution is 0.102. The molecule has 0 aliphatic carbocycles. The SMILES string of the molecule is COc1ccc(C)cc1NC(=O)c1cc(C)nc(NCc2ccc(F)cc2)n1. The number of nitrogens with zero attached hydrogens (tertiary/aromatic N) is 2. The van der Waals surface area contributed by atoms with E-state index in [4.69, 9.17) is 4.74 Å². The van der Waals surface area contributed by atoms with Gasteiger partial charge in [-0.2, -0.15) is 0 Å². The molecule has 0 aliphatic heterocycles. The fourth-order valence-corrected chi connectivity index (χ4v) is 2.65. The van der Waals surface area contributed by atoms with E-state index in [1.807, 2.05) is 19.1 Å². The number of nitrogens with one attached hydrogen (secondary N) is 2. The maximum absolute atomic E-state index is 13.0. The zero-order chi connectivity index (χ0) is 20.1. The Kier molecular flexibility index (Phi) is 5.84. The third kappa shape index (κ3) is 4.82. The zero-order valence-corrected chi connectivity index (χ0v) is 15.9. The summed E-state index contributed by atoms with van der Waals surface area (Å²) in [7, 11) is 1.55. The summed E-state index contributed by atoms with van der Waals surface area (Å²) in [4.78, 5) is 21.3. The number of rotatable bonds is 6. The lowest BCUT2D eigenvalue weighted by Gasteiger charge is -2.12. The number of benzene rings is 2. The van der Waals surface area contributed by atoms with Crippen molar-refractivity contribution in [1.29, 1.82) is 0 Å². The lowest BCUT2D eigenvalue weighted by atomic mass is 10.2. The van der Waals surface area contributed by atoms with Crippen LogP contribution >= 0.6 is 0 Å². The Morgan fingerprint density at radius 2 is 1.82 bits per heavy atom. The summed E-state index contributed by atoms with van der Waals surface area (Å²) >= 11 is 0. The van der Waals surface area contributed by atoms with Crippen LogP contribution in [0, 0.1) is 19.7 Å². The number of aryl methyl sites for hydroxylation is 2. The second-order valence-corrected chi connectivity index (χ2v) is 6.36. The average molecular weight is 380 g/mol. The highest BCUT2D eigenvalue weighted by Crippen LogP contribution is 2.25. The predicted molar refractivity (Wildman–Crippen MR) is 106 cm³/mol. The van der Waals surface area contributed by atoms with Gasteiger partial charge < -0.3 is 15.4 Å². The van der Waals surface area contributed by atoms with E-state index in [-0.39, 0.29) is 17.4 Å². The zero-order valence-electron chi connectivity index (χ0n) is 15.9. The van der Waals surface area contributed by atoms with E-state index in [1.54, 1.807) is 38.3 Å². The van der Waals surface area contributed by atoms with Gasteiger partial charge in [0.05, 0.1) is 12.8 Å². The van der Waals surface area contributed by atoms with E-state index >= 15 is 0 Å². The number of anilines is 2. The molecule has 2 N–H and O–H groups in total. The molecule has 0 unspecified atom stereocenters. The molecular weight excluding hydrogens is 359 g/mol. The summed E-state index contributed by atoms with van der Waals surface area (Å²) in [6, 6.07) is 13.3. The van der Waals surface area contributed by atoms with Gasteiger partial charge in [0, 0.05) is 12.2 Å². The fraction of sp³-hybridized carbons (Fsp3) is 0.190. The summed E-state index contributed by atoms with van der Waals surface area (Å²) in [5, 5.41) is 5.89. The molecule has 0 aliphatic rings. The van der Waals surface area contributed by atoms with Crippen molar-refractivity contribution < 1.29 is 13.9 Å². The Balaban J connectivity index is 1.76. The summed E-state index contributed by atoms with van der Waals surface area (Å²) in [6.07, 6.45) is 0. The number of methoxy groups -OCH3 is 1. The molecule has 0 bridgehead atoms. The van der Waals surface area contributed by atoms with E-state index in [0.29, 0.717) is 29.6 Å². The van der Waals surface area contributed by atoms with Gasteiger partial charge in [0.2, 0.25) is 5.95 Å². The van der Waals surface area contributed by atoms with Crippen molar-refractivity contribution in [3.05, 3.63) is 76.9 Å².